The molecule has 92 valence electrons. The molecule has 0 aromatic heterocycles. The van der Waals surface area contributed by atoms with E-state index in [1.54, 1.807) is 0 Å². The number of carbonyl (C=O) groups is 1. The van der Waals surface area contributed by atoms with Crippen LogP contribution in [0, 0.1) is 0 Å². The number of halogens is 1. The van der Waals surface area contributed by atoms with Crippen LogP contribution >= 0.6 is 11.6 Å². The van der Waals surface area contributed by atoms with Crippen LogP contribution in [0.3, 0.4) is 0 Å². The number of hydrogen-bond acceptors (Lipinski definition) is 2. The zero-order valence-corrected chi connectivity index (χ0v) is 10.5. The molecule has 4 heteroatoms. The maximum absolute atomic E-state index is 11.7. The summed E-state index contributed by atoms with van der Waals surface area (Å²) in [7, 11) is 0. The molecule has 17 heavy (non-hydrogen) atoms. The number of nitrogens with two attached hydrogens (primary N) is 1. The van der Waals surface area contributed by atoms with Gasteiger partial charge in [-0.25, -0.2) is 0 Å². The normalized spacial score (nSPS) is 16.6. The van der Waals surface area contributed by atoms with Gasteiger partial charge in [0.15, 0.2) is 0 Å². The summed E-state index contributed by atoms with van der Waals surface area (Å²) in [5.74, 6) is 0.0768. The first-order valence-corrected chi connectivity index (χ1v) is 6.31. The fraction of sp³-hybridized carbons (Fsp3) is 0.462. The van der Waals surface area contributed by atoms with E-state index in [2.05, 4.69) is 5.32 Å². The van der Waals surface area contributed by atoms with Crippen molar-refractivity contribution in [2.24, 2.45) is 5.73 Å². The van der Waals surface area contributed by atoms with E-state index < -0.39 is 0 Å². The molecule has 1 aliphatic rings. The van der Waals surface area contributed by atoms with Crippen molar-refractivity contribution in [3.63, 3.8) is 0 Å². The number of rotatable bonds is 5. The van der Waals surface area contributed by atoms with Crippen molar-refractivity contribution in [2.45, 2.75) is 31.2 Å². The predicted octanol–water partition coefficient (Wildman–Crippen LogP) is 2.18. The van der Waals surface area contributed by atoms with Crippen molar-refractivity contribution in [1.82, 2.24) is 5.32 Å². The Hall–Kier alpha value is -1.06. The molecule has 0 atom stereocenters. The van der Waals surface area contributed by atoms with Gasteiger partial charge in [-0.1, -0.05) is 23.7 Å². The van der Waals surface area contributed by atoms with Gasteiger partial charge in [-0.3, -0.25) is 4.79 Å². The average molecular weight is 253 g/mol. The molecule has 1 aromatic carbocycles. The molecule has 0 bridgehead atoms. The topological polar surface area (TPSA) is 55.1 Å². The van der Waals surface area contributed by atoms with Crippen LogP contribution in [-0.2, 0) is 10.3 Å². The molecule has 3 N–H and O–H groups in total. The van der Waals surface area contributed by atoms with Gasteiger partial charge in [-0.2, -0.15) is 0 Å². The Bertz CT molecular complexity index is 416. The number of amides is 1. The van der Waals surface area contributed by atoms with Gasteiger partial charge in [0, 0.05) is 11.4 Å². The first kappa shape index (κ1) is 12.4. The zero-order chi connectivity index (χ0) is 12.3. The molecule has 3 nitrogen and oxygen atoms in total. The largest absolute Gasteiger partial charge is 0.347 e. The second kappa shape index (κ2) is 5.07. The highest BCUT2D eigenvalue weighted by atomic mass is 35.5. The first-order chi connectivity index (χ1) is 8.16. The lowest BCUT2D eigenvalue weighted by Gasteiger charge is -2.18. The molecule has 1 saturated carbocycles. The van der Waals surface area contributed by atoms with Crippen molar-refractivity contribution in [3.05, 3.63) is 34.9 Å². The monoisotopic (exact) mass is 252 g/mol. The Morgan fingerprint density at radius 1 is 1.47 bits per heavy atom. The molecule has 2 rings (SSSR count). The van der Waals surface area contributed by atoms with Crippen molar-refractivity contribution in [2.75, 3.05) is 6.54 Å². The predicted molar refractivity (Wildman–Crippen MR) is 68.8 cm³/mol. The summed E-state index contributed by atoms with van der Waals surface area (Å²) in [6, 6.07) is 7.71. The SMILES string of the molecule is NCCCC(=O)NC1(c2cccc(Cl)c2)CC1. The summed E-state index contributed by atoms with van der Waals surface area (Å²) in [5.41, 5.74) is 6.32. The molecule has 1 aliphatic carbocycles. The summed E-state index contributed by atoms with van der Waals surface area (Å²) >= 11 is 5.97. The van der Waals surface area contributed by atoms with Crippen LogP contribution in [0.1, 0.15) is 31.2 Å². The van der Waals surface area contributed by atoms with E-state index in [0.29, 0.717) is 18.0 Å². The first-order valence-electron chi connectivity index (χ1n) is 5.93. The maximum atomic E-state index is 11.7. The third-order valence-corrected chi connectivity index (χ3v) is 3.35. The third-order valence-electron chi connectivity index (χ3n) is 3.11. The van der Waals surface area contributed by atoms with Gasteiger partial charge in [0.05, 0.1) is 5.54 Å². The average Bonchev–Trinajstić information content (AvgIpc) is 3.07. The smallest absolute Gasteiger partial charge is 0.220 e. The van der Waals surface area contributed by atoms with Gasteiger partial charge in [-0.15, -0.1) is 0 Å². The van der Waals surface area contributed by atoms with E-state index >= 15 is 0 Å². The minimum atomic E-state index is -0.170. The number of hydrogen-bond donors (Lipinski definition) is 2. The van der Waals surface area contributed by atoms with E-state index in [9.17, 15) is 4.79 Å². The van der Waals surface area contributed by atoms with Gasteiger partial charge in [-0.05, 0) is 43.5 Å². The lowest BCUT2D eigenvalue weighted by Crippen LogP contribution is -2.34. The van der Waals surface area contributed by atoms with Gasteiger partial charge >= 0.3 is 0 Å². The molecule has 0 aliphatic heterocycles. The maximum Gasteiger partial charge on any atom is 0.220 e. The van der Waals surface area contributed by atoms with Crippen LogP contribution in [-0.4, -0.2) is 12.5 Å². The van der Waals surface area contributed by atoms with Gasteiger partial charge in [0.2, 0.25) is 5.91 Å². The highest BCUT2D eigenvalue weighted by Gasteiger charge is 2.45. The van der Waals surface area contributed by atoms with Crippen LogP contribution in [0.5, 0.6) is 0 Å². The molecule has 1 fully saturated rings. The molecule has 1 aromatic rings. The Kier molecular flexibility index (Phi) is 3.69. The minimum absolute atomic E-state index is 0.0768. The molecule has 0 radical (unpaired) electrons. The van der Waals surface area contributed by atoms with E-state index in [4.69, 9.17) is 17.3 Å². The van der Waals surface area contributed by atoms with Crippen molar-refractivity contribution in [1.29, 1.82) is 0 Å². The van der Waals surface area contributed by atoms with Crippen LogP contribution in [0.25, 0.3) is 0 Å². The summed E-state index contributed by atoms with van der Waals surface area (Å²) in [6.07, 6.45) is 3.21. The van der Waals surface area contributed by atoms with Crippen molar-refractivity contribution < 1.29 is 4.79 Å². The number of carbonyl (C=O) groups excluding carboxylic acids is 1. The Balaban J connectivity index is 2.02. The molecule has 0 heterocycles. The van der Waals surface area contributed by atoms with Gasteiger partial charge in [0.1, 0.15) is 0 Å². The molecule has 0 spiro atoms. The highest BCUT2D eigenvalue weighted by molar-refractivity contribution is 6.30. The quantitative estimate of drug-likeness (QED) is 0.844. The second-order valence-corrected chi connectivity index (χ2v) is 4.97. The van der Waals surface area contributed by atoms with E-state index in [0.717, 1.165) is 24.8 Å². The molecule has 1 amide bonds. The lowest BCUT2D eigenvalue weighted by atomic mass is 10.0. The van der Waals surface area contributed by atoms with Crippen molar-refractivity contribution in [3.8, 4) is 0 Å². The van der Waals surface area contributed by atoms with Crippen LogP contribution in [0.2, 0.25) is 5.02 Å². The van der Waals surface area contributed by atoms with E-state index in [1.807, 2.05) is 24.3 Å². The van der Waals surface area contributed by atoms with Crippen LogP contribution in [0.15, 0.2) is 24.3 Å². The van der Waals surface area contributed by atoms with Crippen LogP contribution < -0.4 is 11.1 Å². The van der Waals surface area contributed by atoms with Crippen LogP contribution in [0.4, 0.5) is 0 Å². The number of benzene rings is 1. The van der Waals surface area contributed by atoms with Gasteiger partial charge < -0.3 is 11.1 Å². The lowest BCUT2D eigenvalue weighted by molar-refractivity contribution is -0.122. The van der Waals surface area contributed by atoms with Crippen molar-refractivity contribution >= 4 is 17.5 Å². The van der Waals surface area contributed by atoms with Gasteiger partial charge in [0.25, 0.3) is 0 Å². The Morgan fingerprint density at radius 2 is 2.24 bits per heavy atom. The summed E-state index contributed by atoms with van der Waals surface area (Å²) < 4.78 is 0. The Labute approximate surface area is 106 Å². The van der Waals surface area contributed by atoms with E-state index in [1.165, 1.54) is 0 Å². The number of nitrogens with one attached hydrogen (secondary N) is 1. The molecular formula is C13H17ClN2O. The molecule has 0 saturated heterocycles. The fourth-order valence-corrected chi connectivity index (χ4v) is 2.18. The fourth-order valence-electron chi connectivity index (χ4n) is 1.99. The zero-order valence-electron chi connectivity index (χ0n) is 9.71. The molecular weight excluding hydrogens is 236 g/mol. The summed E-state index contributed by atoms with van der Waals surface area (Å²) in [4.78, 5) is 11.7. The minimum Gasteiger partial charge on any atom is -0.347 e. The summed E-state index contributed by atoms with van der Waals surface area (Å²) in [6.45, 7) is 0.553. The standard InChI is InChI=1S/C13H17ClN2O/c14-11-4-1-3-10(9-11)13(6-7-13)16-12(17)5-2-8-15/h1,3-4,9H,2,5-8,15H2,(H,16,17). The summed E-state index contributed by atoms with van der Waals surface area (Å²) in [5, 5.41) is 3.81. The molecule has 0 unspecified atom stereocenters. The highest BCUT2D eigenvalue weighted by Crippen LogP contribution is 2.46. The van der Waals surface area contributed by atoms with E-state index in [-0.39, 0.29) is 11.4 Å². The Morgan fingerprint density at radius 3 is 2.82 bits per heavy atom. The third kappa shape index (κ3) is 2.99. The second-order valence-electron chi connectivity index (χ2n) is 4.53.